The molecule has 0 fully saturated rings. The van der Waals surface area contributed by atoms with Gasteiger partial charge in [-0.3, -0.25) is 0 Å². The first-order chi connectivity index (χ1) is 6.09. The number of rotatable bonds is 3. The summed E-state index contributed by atoms with van der Waals surface area (Å²) in [6, 6.07) is 5.81. The summed E-state index contributed by atoms with van der Waals surface area (Å²) >= 11 is 0. The molecule has 0 radical (unpaired) electrons. The van der Waals surface area contributed by atoms with Crippen molar-refractivity contribution in [3.63, 3.8) is 0 Å². The third-order valence-electron chi connectivity index (χ3n) is 1.77. The topological polar surface area (TPSA) is 85.2 Å². The fourth-order valence-corrected chi connectivity index (χ4v) is 1.00. The first-order valence-electron chi connectivity index (χ1n) is 3.93. The van der Waals surface area contributed by atoms with E-state index in [0.29, 0.717) is 6.42 Å². The zero-order valence-electron chi connectivity index (χ0n) is 7.10. The molecule has 1 rings (SSSR count). The van der Waals surface area contributed by atoms with Crippen LogP contribution in [0.3, 0.4) is 0 Å². The molecule has 4 heteroatoms. The number of carboxylic acid groups (broad SMARTS) is 1. The van der Waals surface area contributed by atoms with Crippen LogP contribution in [-0.4, -0.2) is 22.2 Å². The SMILES string of the molecule is [NH3+][C@@H](Cc1ccc(O)cc1)C(=O)O. The van der Waals surface area contributed by atoms with Crippen LogP contribution in [0.5, 0.6) is 5.75 Å². The Kier molecular flexibility index (Phi) is 2.87. The Balaban J connectivity index is 2.64. The fraction of sp³-hybridized carbons (Fsp3) is 0.222. The van der Waals surface area contributed by atoms with Gasteiger partial charge in [-0.2, -0.15) is 0 Å². The summed E-state index contributed by atoms with van der Waals surface area (Å²) in [4.78, 5) is 10.5. The van der Waals surface area contributed by atoms with Crippen molar-refractivity contribution < 1.29 is 20.7 Å². The maximum absolute atomic E-state index is 10.5. The van der Waals surface area contributed by atoms with E-state index in [0.717, 1.165) is 5.56 Å². The Bertz CT molecular complexity index is 294. The molecule has 0 spiro atoms. The van der Waals surface area contributed by atoms with Crippen LogP contribution in [0.1, 0.15) is 5.56 Å². The molecule has 0 saturated carbocycles. The molecule has 0 saturated heterocycles. The Labute approximate surface area is 75.6 Å². The zero-order chi connectivity index (χ0) is 9.84. The highest BCUT2D eigenvalue weighted by Gasteiger charge is 2.15. The van der Waals surface area contributed by atoms with E-state index in [-0.39, 0.29) is 5.75 Å². The van der Waals surface area contributed by atoms with Gasteiger partial charge in [-0.1, -0.05) is 12.1 Å². The van der Waals surface area contributed by atoms with Crippen LogP contribution in [0.2, 0.25) is 0 Å². The van der Waals surface area contributed by atoms with Crippen molar-refractivity contribution in [2.45, 2.75) is 12.5 Å². The second kappa shape index (κ2) is 3.91. The summed E-state index contributed by atoms with van der Waals surface area (Å²) in [6.45, 7) is 0. The summed E-state index contributed by atoms with van der Waals surface area (Å²) in [5.41, 5.74) is 4.35. The molecule has 0 aliphatic rings. The third kappa shape index (κ3) is 2.76. The summed E-state index contributed by atoms with van der Waals surface area (Å²) < 4.78 is 0. The number of benzene rings is 1. The largest absolute Gasteiger partial charge is 0.508 e. The predicted octanol–water partition coefficient (Wildman–Crippen LogP) is -0.370. The van der Waals surface area contributed by atoms with Gasteiger partial charge in [0.05, 0.1) is 0 Å². The fourth-order valence-electron chi connectivity index (χ4n) is 1.00. The highest BCUT2D eigenvalue weighted by Crippen LogP contribution is 2.10. The smallest absolute Gasteiger partial charge is 0.362 e. The standard InChI is InChI=1S/C9H11NO3/c10-8(9(12)13)5-6-1-3-7(11)4-2-6/h1-4,8,11H,5,10H2,(H,12,13)/p+1/t8-/m0/s1. The summed E-state index contributed by atoms with van der Waals surface area (Å²) in [5, 5.41) is 17.6. The van der Waals surface area contributed by atoms with Crippen LogP contribution in [0, 0.1) is 0 Å². The number of carboxylic acids is 1. The lowest BCUT2D eigenvalue weighted by molar-refractivity contribution is -0.407. The minimum atomic E-state index is -0.909. The average molecular weight is 182 g/mol. The molecule has 1 atom stereocenters. The number of hydrogen-bond acceptors (Lipinski definition) is 2. The number of aliphatic carboxylic acids is 1. The molecule has 1 aromatic rings. The van der Waals surface area contributed by atoms with E-state index in [4.69, 9.17) is 10.2 Å². The Hall–Kier alpha value is -1.55. The number of carbonyl (C=O) groups is 1. The van der Waals surface area contributed by atoms with Gasteiger partial charge in [0.1, 0.15) is 5.75 Å². The van der Waals surface area contributed by atoms with E-state index in [1.807, 2.05) is 0 Å². The van der Waals surface area contributed by atoms with Crippen LogP contribution in [0.15, 0.2) is 24.3 Å². The monoisotopic (exact) mass is 182 g/mol. The summed E-state index contributed by atoms with van der Waals surface area (Å²) in [6.07, 6.45) is 0.385. The average Bonchev–Trinajstić information content (AvgIpc) is 2.08. The van der Waals surface area contributed by atoms with Gasteiger partial charge in [0, 0.05) is 6.42 Å². The van der Waals surface area contributed by atoms with Crippen molar-refractivity contribution in [1.29, 1.82) is 0 Å². The molecule has 1 aromatic carbocycles. The van der Waals surface area contributed by atoms with E-state index in [1.165, 1.54) is 12.1 Å². The molecule has 0 aliphatic carbocycles. The minimum Gasteiger partial charge on any atom is -0.508 e. The Morgan fingerprint density at radius 3 is 2.38 bits per heavy atom. The van der Waals surface area contributed by atoms with E-state index in [1.54, 1.807) is 12.1 Å². The van der Waals surface area contributed by atoms with Crippen LogP contribution >= 0.6 is 0 Å². The van der Waals surface area contributed by atoms with E-state index >= 15 is 0 Å². The molecular weight excluding hydrogens is 170 g/mol. The normalized spacial score (nSPS) is 12.4. The number of hydrogen-bond donors (Lipinski definition) is 3. The quantitative estimate of drug-likeness (QED) is 0.596. The first-order valence-corrected chi connectivity index (χ1v) is 3.93. The van der Waals surface area contributed by atoms with E-state index < -0.39 is 12.0 Å². The third-order valence-corrected chi connectivity index (χ3v) is 1.77. The van der Waals surface area contributed by atoms with Crippen molar-refractivity contribution in [1.82, 2.24) is 0 Å². The second-order valence-electron chi connectivity index (χ2n) is 2.91. The molecule has 0 aromatic heterocycles. The maximum atomic E-state index is 10.5. The van der Waals surface area contributed by atoms with Gasteiger partial charge in [0.15, 0.2) is 6.04 Å². The molecule has 5 N–H and O–H groups in total. The summed E-state index contributed by atoms with van der Waals surface area (Å²) in [5.74, 6) is -0.729. The van der Waals surface area contributed by atoms with Gasteiger partial charge in [0.2, 0.25) is 0 Å². The first kappa shape index (κ1) is 9.54. The van der Waals surface area contributed by atoms with Crippen molar-refractivity contribution in [3.05, 3.63) is 29.8 Å². The van der Waals surface area contributed by atoms with Crippen LogP contribution in [-0.2, 0) is 11.2 Å². The lowest BCUT2D eigenvalue weighted by Gasteiger charge is -2.02. The second-order valence-corrected chi connectivity index (χ2v) is 2.91. The van der Waals surface area contributed by atoms with Crippen molar-refractivity contribution >= 4 is 5.97 Å². The number of phenolic OH excluding ortho intramolecular Hbond substituents is 1. The van der Waals surface area contributed by atoms with Gasteiger partial charge in [-0.05, 0) is 17.7 Å². The van der Waals surface area contributed by atoms with Crippen LogP contribution in [0.25, 0.3) is 0 Å². The number of aromatic hydroxyl groups is 1. The van der Waals surface area contributed by atoms with Gasteiger partial charge >= 0.3 is 5.97 Å². The summed E-state index contributed by atoms with van der Waals surface area (Å²) in [7, 11) is 0. The van der Waals surface area contributed by atoms with Gasteiger partial charge < -0.3 is 15.9 Å². The molecule has 0 amide bonds. The van der Waals surface area contributed by atoms with Crippen molar-refractivity contribution in [2.24, 2.45) is 0 Å². The van der Waals surface area contributed by atoms with Crippen LogP contribution < -0.4 is 5.73 Å². The molecule has 0 aliphatic heterocycles. The molecule has 70 valence electrons. The molecule has 13 heavy (non-hydrogen) atoms. The molecule has 0 unspecified atom stereocenters. The van der Waals surface area contributed by atoms with E-state index in [9.17, 15) is 4.79 Å². The highest BCUT2D eigenvalue weighted by molar-refractivity contribution is 5.71. The van der Waals surface area contributed by atoms with Crippen molar-refractivity contribution in [2.75, 3.05) is 0 Å². The van der Waals surface area contributed by atoms with Gasteiger partial charge in [0.25, 0.3) is 0 Å². The Morgan fingerprint density at radius 2 is 1.92 bits per heavy atom. The number of phenols is 1. The zero-order valence-corrected chi connectivity index (χ0v) is 7.10. The lowest BCUT2D eigenvalue weighted by Crippen LogP contribution is -2.65. The minimum absolute atomic E-state index is 0.180. The molecule has 4 nitrogen and oxygen atoms in total. The highest BCUT2D eigenvalue weighted by atomic mass is 16.4. The molecular formula is C9H12NO3+. The molecule has 0 bridgehead atoms. The van der Waals surface area contributed by atoms with Crippen molar-refractivity contribution in [3.8, 4) is 5.75 Å². The Morgan fingerprint density at radius 1 is 1.38 bits per heavy atom. The maximum Gasteiger partial charge on any atom is 0.362 e. The van der Waals surface area contributed by atoms with Gasteiger partial charge in [-0.15, -0.1) is 0 Å². The lowest BCUT2D eigenvalue weighted by atomic mass is 10.1. The predicted molar refractivity (Wildman–Crippen MR) is 46.1 cm³/mol. The van der Waals surface area contributed by atoms with Gasteiger partial charge in [-0.25, -0.2) is 4.79 Å². The number of quaternary nitrogens is 1. The van der Waals surface area contributed by atoms with Crippen LogP contribution in [0.4, 0.5) is 0 Å². The molecule has 0 heterocycles. The van der Waals surface area contributed by atoms with E-state index in [2.05, 4.69) is 5.73 Å².